The summed E-state index contributed by atoms with van der Waals surface area (Å²) in [6, 6.07) is 13.9. The second-order valence-electron chi connectivity index (χ2n) is 7.92. The standard InChI is InChI=1S/C24H16Cl2FN3O4S/c25-18-12-20-21(13-19(18)26)30(35(33,34)15-9-7-14(27)8-10-15)22(28-20)6-3-11-29-23(31)16-4-1-2-5-17(16)24(29)32/h1-2,4-5,7-10,12-13H,3,6,11H2. The first-order valence-electron chi connectivity index (χ1n) is 10.5. The van der Waals surface area contributed by atoms with Gasteiger partial charge in [0.1, 0.15) is 11.6 Å². The number of rotatable bonds is 6. The molecule has 1 aromatic heterocycles. The summed E-state index contributed by atoms with van der Waals surface area (Å²) in [5.74, 6) is -1.19. The Kier molecular flexibility index (Phi) is 5.86. The number of hydrogen-bond acceptors (Lipinski definition) is 5. The molecule has 2 heterocycles. The minimum atomic E-state index is -4.18. The van der Waals surface area contributed by atoms with Gasteiger partial charge in [-0.15, -0.1) is 0 Å². The van der Waals surface area contributed by atoms with Crippen LogP contribution in [0.25, 0.3) is 11.0 Å². The molecule has 1 aliphatic heterocycles. The number of fused-ring (bicyclic) bond motifs is 2. The molecule has 3 aromatic carbocycles. The molecule has 0 radical (unpaired) electrons. The van der Waals surface area contributed by atoms with Crippen molar-refractivity contribution in [3.8, 4) is 0 Å². The average molecular weight is 532 g/mol. The van der Waals surface area contributed by atoms with Crippen LogP contribution in [0.2, 0.25) is 10.0 Å². The van der Waals surface area contributed by atoms with Crippen LogP contribution in [0.3, 0.4) is 0 Å². The zero-order chi connectivity index (χ0) is 24.9. The summed E-state index contributed by atoms with van der Waals surface area (Å²) < 4.78 is 41.5. The van der Waals surface area contributed by atoms with Gasteiger partial charge >= 0.3 is 0 Å². The lowest BCUT2D eigenvalue weighted by Gasteiger charge is -2.14. The van der Waals surface area contributed by atoms with Crippen molar-refractivity contribution in [2.75, 3.05) is 6.54 Å². The van der Waals surface area contributed by atoms with Gasteiger partial charge in [-0.2, -0.15) is 0 Å². The number of amides is 2. The molecule has 4 aromatic rings. The summed E-state index contributed by atoms with van der Waals surface area (Å²) in [4.78, 5) is 30.7. The number of carbonyl (C=O) groups is 2. The van der Waals surface area contributed by atoms with E-state index in [4.69, 9.17) is 23.2 Å². The lowest BCUT2D eigenvalue weighted by Crippen LogP contribution is -2.31. The number of imidazole rings is 1. The fourth-order valence-electron chi connectivity index (χ4n) is 4.08. The van der Waals surface area contributed by atoms with Crippen molar-refractivity contribution >= 4 is 56.1 Å². The van der Waals surface area contributed by atoms with Crippen molar-refractivity contribution in [2.45, 2.75) is 17.7 Å². The molecule has 7 nitrogen and oxygen atoms in total. The molecule has 35 heavy (non-hydrogen) atoms. The minimum Gasteiger partial charge on any atom is -0.274 e. The summed E-state index contributed by atoms with van der Waals surface area (Å²) in [6.45, 7) is 0.0770. The Morgan fingerprint density at radius 1 is 0.886 bits per heavy atom. The van der Waals surface area contributed by atoms with Crippen molar-refractivity contribution in [1.29, 1.82) is 0 Å². The van der Waals surface area contributed by atoms with Crippen LogP contribution >= 0.6 is 23.2 Å². The van der Waals surface area contributed by atoms with Crippen LogP contribution < -0.4 is 0 Å². The molecule has 5 rings (SSSR count). The van der Waals surface area contributed by atoms with Gasteiger partial charge in [-0.3, -0.25) is 14.5 Å². The molecule has 0 saturated carbocycles. The van der Waals surface area contributed by atoms with Crippen LogP contribution in [0, 0.1) is 5.82 Å². The number of carbonyl (C=O) groups excluding carboxylic acids is 2. The van der Waals surface area contributed by atoms with Gasteiger partial charge in [0.25, 0.3) is 21.8 Å². The second kappa shape index (κ2) is 8.75. The molecular formula is C24H16Cl2FN3O4S. The van der Waals surface area contributed by atoms with Crippen LogP contribution in [0.5, 0.6) is 0 Å². The van der Waals surface area contributed by atoms with Crippen LogP contribution in [0.4, 0.5) is 4.39 Å². The number of hydrogen-bond donors (Lipinski definition) is 0. The molecule has 0 atom stereocenters. The zero-order valence-electron chi connectivity index (χ0n) is 17.9. The fourth-order valence-corrected chi connectivity index (χ4v) is 5.90. The van der Waals surface area contributed by atoms with Crippen molar-refractivity contribution in [1.82, 2.24) is 13.9 Å². The van der Waals surface area contributed by atoms with E-state index >= 15 is 0 Å². The molecule has 0 aliphatic carbocycles. The van der Waals surface area contributed by atoms with E-state index in [0.29, 0.717) is 16.6 Å². The molecular weight excluding hydrogens is 516 g/mol. The Labute approximate surface area is 209 Å². The topological polar surface area (TPSA) is 89.3 Å². The van der Waals surface area contributed by atoms with E-state index < -0.39 is 27.7 Å². The van der Waals surface area contributed by atoms with Crippen LogP contribution in [-0.4, -0.2) is 40.6 Å². The van der Waals surface area contributed by atoms with Gasteiger partial charge in [0.05, 0.1) is 37.1 Å². The normalized spacial score (nSPS) is 13.6. The monoisotopic (exact) mass is 531 g/mol. The second-order valence-corrected chi connectivity index (χ2v) is 10.5. The highest BCUT2D eigenvalue weighted by Gasteiger charge is 2.34. The third-order valence-corrected chi connectivity index (χ3v) is 8.21. The van der Waals surface area contributed by atoms with Crippen molar-refractivity contribution in [3.05, 3.63) is 93.5 Å². The van der Waals surface area contributed by atoms with E-state index in [1.807, 2.05) is 0 Å². The van der Waals surface area contributed by atoms with Crippen LogP contribution in [0.1, 0.15) is 33.0 Å². The third kappa shape index (κ3) is 3.99. The van der Waals surface area contributed by atoms with E-state index in [1.165, 1.54) is 12.1 Å². The number of aromatic nitrogens is 2. The predicted octanol–water partition coefficient (Wildman–Crippen LogP) is 4.95. The molecule has 178 valence electrons. The quantitative estimate of drug-likeness (QED) is 0.328. The van der Waals surface area contributed by atoms with Gasteiger partial charge < -0.3 is 0 Å². The first kappa shape index (κ1) is 23.5. The van der Waals surface area contributed by atoms with Crippen LogP contribution in [-0.2, 0) is 16.4 Å². The maximum atomic E-state index is 13.5. The SMILES string of the molecule is O=C1c2ccccc2C(=O)N1CCCc1nc2cc(Cl)c(Cl)cc2n1S(=O)(=O)c1ccc(F)cc1. The summed E-state index contributed by atoms with van der Waals surface area (Å²) in [6.07, 6.45) is 0.382. The molecule has 0 spiro atoms. The van der Waals surface area contributed by atoms with Crippen LogP contribution in [0.15, 0.2) is 65.6 Å². The smallest absolute Gasteiger partial charge is 0.269 e. The maximum absolute atomic E-state index is 13.5. The summed E-state index contributed by atoms with van der Waals surface area (Å²) in [7, 11) is -4.18. The van der Waals surface area contributed by atoms with Gasteiger partial charge in [0, 0.05) is 13.0 Å². The van der Waals surface area contributed by atoms with E-state index in [2.05, 4.69) is 4.98 Å². The number of imide groups is 1. The molecule has 0 N–H and O–H groups in total. The molecule has 0 fully saturated rings. The van der Waals surface area contributed by atoms with Gasteiger partial charge in [0.15, 0.2) is 0 Å². The number of benzene rings is 3. The van der Waals surface area contributed by atoms with E-state index in [0.717, 1.165) is 33.1 Å². The molecule has 11 heteroatoms. The first-order chi connectivity index (χ1) is 16.7. The fraction of sp³-hybridized carbons (Fsp3) is 0.125. The summed E-state index contributed by atoms with van der Waals surface area (Å²) in [5.41, 5.74) is 1.20. The van der Waals surface area contributed by atoms with Crippen molar-refractivity contribution in [3.63, 3.8) is 0 Å². The Balaban J connectivity index is 1.49. The largest absolute Gasteiger partial charge is 0.274 e. The molecule has 2 amide bonds. The molecule has 0 bridgehead atoms. The van der Waals surface area contributed by atoms with E-state index in [1.54, 1.807) is 24.3 Å². The highest BCUT2D eigenvalue weighted by atomic mass is 35.5. The molecule has 0 saturated heterocycles. The van der Waals surface area contributed by atoms with E-state index in [9.17, 15) is 22.4 Å². The lowest BCUT2D eigenvalue weighted by atomic mass is 10.1. The average Bonchev–Trinajstić information content (AvgIpc) is 3.30. The molecule has 1 aliphatic rings. The minimum absolute atomic E-state index is 0.0770. The zero-order valence-corrected chi connectivity index (χ0v) is 20.2. The van der Waals surface area contributed by atoms with Gasteiger partial charge in [-0.1, -0.05) is 35.3 Å². The van der Waals surface area contributed by atoms with Gasteiger partial charge in [0.2, 0.25) is 0 Å². The number of aryl methyl sites for hydroxylation is 1. The van der Waals surface area contributed by atoms with Gasteiger partial charge in [-0.05, 0) is 55.0 Å². The Morgan fingerprint density at radius 3 is 2.11 bits per heavy atom. The number of halogens is 3. The highest BCUT2D eigenvalue weighted by Crippen LogP contribution is 2.31. The third-order valence-electron chi connectivity index (χ3n) is 5.73. The predicted molar refractivity (Wildman–Crippen MR) is 129 cm³/mol. The number of nitrogens with zero attached hydrogens (tertiary/aromatic N) is 3. The van der Waals surface area contributed by atoms with Gasteiger partial charge in [-0.25, -0.2) is 21.8 Å². The lowest BCUT2D eigenvalue weighted by molar-refractivity contribution is 0.0652. The first-order valence-corrected chi connectivity index (χ1v) is 12.7. The van der Waals surface area contributed by atoms with E-state index in [-0.39, 0.29) is 45.7 Å². The van der Waals surface area contributed by atoms with Crippen molar-refractivity contribution < 1.29 is 22.4 Å². The summed E-state index contributed by atoms with van der Waals surface area (Å²) >= 11 is 12.3. The molecule has 0 unspecified atom stereocenters. The highest BCUT2D eigenvalue weighted by molar-refractivity contribution is 7.90. The summed E-state index contributed by atoms with van der Waals surface area (Å²) in [5, 5.41) is 0.354. The maximum Gasteiger partial charge on any atom is 0.269 e. The van der Waals surface area contributed by atoms with Crippen molar-refractivity contribution in [2.24, 2.45) is 0 Å². The Hall–Kier alpha value is -3.27. The Bertz CT molecular complexity index is 1580. The Morgan fingerprint density at radius 2 is 1.49 bits per heavy atom.